The molecule has 1 unspecified atom stereocenters. The molecule has 0 spiro atoms. The Labute approximate surface area is 95.2 Å². The van der Waals surface area contributed by atoms with Crippen molar-refractivity contribution >= 4 is 17.7 Å². The van der Waals surface area contributed by atoms with E-state index in [-0.39, 0.29) is 23.8 Å². The lowest BCUT2D eigenvalue weighted by atomic mass is 10.1. The van der Waals surface area contributed by atoms with Gasteiger partial charge in [-0.2, -0.15) is 0 Å². The second-order valence-electron chi connectivity index (χ2n) is 4.37. The van der Waals surface area contributed by atoms with Crippen LogP contribution in [0.4, 0.5) is 0 Å². The number of nitrogens with zero attached hydrogens (tertiary/aromatic N) is 1. The van der Waals surface area contributed by atoms with Gasteiger partial charge < -0.3 is 10.0 Å². The van der Waals surface area contributed by atoms with Gasteiger partial charge in [0.2, 0.25) is 5.91 Å². The lowest BCUT2D eigenvalue weighted by Crippen LogP contribution is -2.43. The van der Waals surface area contributed by atoms with Crippen molar-refractivity contribution in [2.45, 2.75) is 43.4 Å². The van der Waals surface area contributed by atoms with Crippen LogP contribution in [-0.2, 0) is 4.79 Å². The molecule has 0 aliphatic carbocycles. The number of rotatable bonds is 2. The standard InChI is InChI=1S/C11H19NO2S/c13-8-9-4-3-6-12(9)11(14)10-5-1-2-7-15-10/h9-10,13H,1-8H2/t9-,10?/m0/s1. The number of aliphatic hydroxyl groups is 1. The minimum Gasteiger partial charge on any atom is -0.394 e. The van der Waals surface area contributed by atoms with Crippen LogP contribution in [0, 0.1) is 0 Å². The van der Waals surface area contributed by atoms with Crippen LogP contribution < -0.4 is 0 Å². The summed E-state index contributed by atoms with van der Waals surface area (Å²) in [4.78, 5) is 14.1. The summed E-state index contributed by atoms with van der Waals surface area (Å²) in [6, 6.07) is 0.0972. The molecular formula is C11H19NO2S. The van der Waals surface area contributed by atoms with Crippen LogP contribution in [0.5, 0.6) is 0 Å². The van der Waals surface area contributed by atoms with E-state index in [9.17, 15) is 9.90 Å². The first kappa shape index (κ1) is 11.3. The average molecular weight is 229 g/mol. The highest BCUT2D eigenvalue weighted by molar-refractivity contribution is 8.00. The molecule has 2 aliphatic rings. The normalized spacial score (nSPS) is 31.9. The summed E-state index contributed by atoms with van der Waals surface area (Å²) < 4.78 is 0. The number of carbonyl (C=O) groups is 1. The first-order chi connectivity index (χ1) is 7.33. The Kier molecular flexibility index (Phi) is 3.92. The molecule has 0 bridgehead atoms. The van der Waals surface area contributed by atoms with E-state index in [1.165, 1.54) is 12.8 Å². The Morgan fingerprint density at radius 1 is 1.33 bits per heavy atom. The van der Waals surface area contributed by atoms with Gasteiger partial charge in [-0.25, -0.2) is 0 Å². The smallest absolute Gasteiger partial charge is 0.236 e. The van der Waals surface area contributed by atoms with Gasteiger partial charge in [0, 0.05) is 6.54 Å². The summed E-state index contributed by atoms with van der Waals surface area (Å²) in [6.45, 7) is 0.976. The third-order valence-electron chi connectivity index (χ3n) is 3.33. The van der Waals surface area contributed by atoms with Crippen LogP contribution in [0.2, 0.25) is 0 Å². The van der Waals surface area contributed by atoms with Crippen LogP contribution in [0.1, 0.15) is 32.1 Å². The zero-order valence-electron chi connectivity index (χ0n) is 9.02. The Hall–Kier alpha value is -0.220. The number of carbonyl (C=O) groups excluding carboxylic acids is 1. The molecule has 1 amide bonds. The molecule has 2 aliphatic heterocycles. The molecule has 0 radical (unpaired) electrons. The minimum absolute atomic E-state index is 0.0972. The van der Waals surface area contributed by atoms with E-state index in [1.807, 2.05) is 4.90 Å². The summed E-state index contributed by atoms with van der Waals surface area (Å²) in [6.07, 6.45) is 5.48. The molecule has 0 aromatic heterocycles. The lowest BCUT2D eigenvalue weighted by Gasteiger charge is -2.29. The van der Waals surface area contributed by atoms with Gasteiger partial charge in [0.15, 0.2) is 0 Å². The third-order valence-corrected chi connectivity index (χ3v) is 4.69. The zero-order valence-corrected chi connectivity index (χ0v) is 9.84. The summed E-state index contributed by atoms with van der Waals surface area (Å²) in [5, 5.41) is 9.36. The largest absolute Gasteiger partial charge is 0.394 e. The topological polar surface area (TPSA) is 40.5 Å². The first-order valence-corrected chi connectivity index (χ1v) is 6.90. The van der Waals surface area contributed by atoms with Crippen molar-refractivity contribution in [3.63, 3.8) is 0 Å². The summed E-state index contributed by atoms with van der Waals surface area (Å²) in [7, 11) is 0. The van der Waals surface area contributed by atoms with Crippen molar-refractivity contribution < 1.29 is 9.90 Å². The molecule has 15 heavy (non-hydrogen) atoms. The Morgan fingerprint density at radius 2 is 2.20 bits per heavy atom. The highest BCUT2D eigenvalue weighted by Crippen LogP contribution is 2.29. The number of thioether (sulfide) groups is 1. The Balaban J connectivity index is 1.93. The van der Waals surface area contributed by atoms with E-state index in [2.05, 4.69) is 0 Å². The molecular weight excluding hydrogens is 210 g/mol. The number of amides is 1. The summed E-state index contributed by atoms with van der Waals surface area (Å²) in [5.74, 6) is 1.39. The van der Waals surface area contributed by atoms with E-state index in [0.717, 1.165) is 31.6 Å². The van der Waals surface area contributed by atoms with E-state index in [1.54, 1.807) is 11.8 Å². The Bertz CT molecular complexity index is 229. The molecule has 2 heterocycles. The van der Waals surface area contributed by atoms with Crippen molar-refractivity contribution in [3.8, 4) is 0 Å². The molecule has 0 aromatic rings. The number of likely N-dealkylation sites (tertiary alicyclic amines) is 1. The van der Waals surface area contributed by atoms with Crippen molar-refractivity contribution in [2.75, 3.05) is 18.9 Å². The molecule has 86 valence electrons. The van der Waals surface area contributed by atoms with E-state index in [0.29, 0.717) is 0 Å². The van der Waals surface area contributed by atoms with Gasteiger partial charge in [-0.1, -0.05) is 6.42 Å². The quantitative estimate of drug-likeness (QED) is 0.775. The molecule has 1 N–H and O–H groups in total. The minimum atomic E-state index is 0.0972. The predicted octanol–water partition coefficient (Wildman–Crippen LogP) is 1.26. The van der Waals surface area contributed by atoms with E-state index in [4.69, 9.17) is 0 Å². The molecule has 0 saturated carbocycles. The van der Waals surface area contributed by atoms with Crippen molar-refractivity contribution in [3.05, 3.63) is 0 Å². The Morgan fingerprint density at radius 3 is 2.87 bits per heavy atom. The van der Waals surface area contributed by atoms with Gasteiger partial charge >= 0.3 is 0 Å². The van der Waals surface area contributed by atoms with Gasteiger partial charge in [-0.05, 0) is 31.4 Å². The summed E-state index contributed by atoms with van der Waals surface area (Å²) >= 11 is 1.80. The van der Waals surface area contributed by atoms with E-state index >= 15 is 0 Å². The fraction of sp³-hybridized carbons (Fsp3) is 0.909. The van der Waals surface area contributed by atoms with Crippen LogP contribution in [0.15, 0.2) is 0 Å². The third kappa shape index (κ3) is 2.48. The van der Waals surface area contributed by atoms with E-state index < -0.39 is 0 Å². The van der Waals surface area contributed by atoms with Gasteiger partial charge in [0.25, 0.3) is 0 Å². The fourth-order valence-corrected chi connectivity index (χ4v) is 3.70. The molecule has 4 heteroatoms. The number of hydrogen-bond acceptors (Lipinski definition) is 3. The van der Waals surface area contributed by atoms with Gasteiger partial charge in [0.05, 0.1) is 17.9 Å². The van der Waals surface area contributed by atoms with Gasteiger partial charge in [0.1, 0.15) is 0 Å². The monoisotopic (exact) mass is 229 g/mol. The van der Waals surface area contributed by atoms with Crippen molar-refractivity contribution in [2.24, 2.45) is 0 Å². The van der Waals surface area contributed by atoms with Crippen LogP contribution in [-0.4, -0.2) is 46.1 Å². The second kappa shape index (κ2) is 5.21. The molecule has 2 rings (SSSR count). The van der Waals surface area contributed by atoms with Crippen molar-refractivity contribution in [1.29, 1.82) is 0 Å². The molecule has 3 nitrogen and oxygen atoms in total. The average Bonchev–Trinajstić information content (AvgIpc) is 2.77. The maximum Gasteiger partial charge on any atom is 0.236 e. The van der Waals surface area contributed by atoms with Crippen LogP contribution >= 0.6 is 11.8 Å². The number of hydrogen-bond donors (Lipinski definition) is 1. The molecule has 2 saturated heterocycles. The van der Waals surface area contributed by atoms with Crippen LogP contribution in [0.25, 0.3) is 0 Å². The zero-order chi connectivity index (χ0) is 10.7. The predicted molar refractivity (Wildman–Crippen MR) is 61.9 cm³/mol. The van der Waals surface area contributed by atoms with Gasteiger partial charge in [-0.15, -0.1) is 11.8 Å². The molecule has 0 aromatic carbocycles. The first-order valence-electron chi connectivity index (χ1n) is 5.86. The maximum atomic E-state index is 12.2. The fourth-order valence-electron chi connectivity index (χ4n) is 2.44. The maximum absolute atomic E-state index is 12.2. The van der Waals surface area contributed by atoms with Crippen molar-refractivity contribution in [1.82, 2.24) is 4.90 Å². The SMILES string of the molecule is O=C(C1CCCCS1)N1CCC[C@H]1CO. The van der Waals surface area contributed by atoms with Gasteiger partial charge in [-0.3, -0.25) is 4.79 Å². The highest BCUT2D eigenvalue weighted by Gasteiger charge is 2.33. The lowest BCUT2D eigenvalue weighted by molar-refractivity contribution is -0.132. The molecule has 2 fully saturated rings. The highest BCUT2D eigenvalue weighted by atomic mass is 32.2. The number of aliphatic hydroxyl groups excluding tert-OH is 1. The van der Waals surface area contributed by atoms with Crippen LogP contribution in [0.3, 0.4) is 0 Å². The summed E-state index contributed by atoms with van der Waals surface area (Å²) in [5.41, 5.74) is 0. The second-order valence-corrected chi connectivity index (χ2v) is 5.68. The molecule has 2 atom stereocenters.